The Labute approximate surface area is 62.3 Å². The Morgan fingerprint density at radius 1 is 1.50 bits per heavy atom. The monoisotopic (exact) mass is 166 g/mol. The van der Waals surface area contributed by atoms with E-state index in [4.69, 9.17) is 0 Å². The van der Waals surface area contributed by atoms with Crippen LogP contribution in [-0.2, 0) is 14.0 Å². The van der Waals surface area contributed by atoms with Gasteiger partial charge < -0.3 is 4.52 Å². The van der Waals surface area contributed by atoms with Crippen molar-refractivity contribution in [3.05, 3.63) is 0 Å². The van der Waals surface area contributed by atoms with Gasteiger partial charge in [0.25, 0.3) is 0 Å². The normalized spacial score (nSPS) is 13.5. The third kappa shape index (κ3) is 6.39. The van der Waals surface area contributed by atoms with Crippen LogP contribution in [0.5, 0.6) is 0 Å². The predicted molar refractivity (Wildman–Crippen MR) is 38.4 cm³/mol. The van der Waals surface area contributed by atoms with Crippen molar-refractivity contribution in [2.75, 3.05) is 6.61 Å². The first-order valence-corrected chi connectivity index (χ1v) is 4.37. The second-order valence-electron chi connectivity index (χ2n) is 1.87. The van der Waals surface area contributed by atoms with E-state index >= 15 is 0 Å². The van der Waals surface area contributed by atoms with E-state index in [2.05, 4.69) is 22.0 Å². The van der Waals surface area contributed by atoms with Crippen LogP contribution in [0.2, 0.25) is 0 Å². The first-order valence-electron chi connectivity index (χ1n) is 3.28. The molecular formula is C5H13NO3P. The van der Waals surface area contributed by atoms with Gasteiger partial charge in [-0.1, -0.05) is 19.8 Å². The Morgan fingerprint density at radius 2 is 2.20 bits per heavy atom. The zero-order valence-electron chi connectivity index (χ0n) is 6.08. The molecule has 0 aromatic rings. The SMILES string of the molecule is CCCCCOP([O])ON. The molecule has 4 nitrogen and oxygen atoms in total. The average molecular weight is 166 g/mol. The van der Waals surface area contributed by atoms with Crippen molar-refractivity contribution in [2.45, 2.75) is 26.2 Å². The van der Waals surface area contributed by atoms with Gasteiger partial charge >= 0.3 is 8.60 Å². The van der Waals surface area contributed by atoms with Crippen molar-refractivity contribution in [3.8, 4) is 0 Å². The largest absolute Gasteiger partial charge is 0.380 e. The quantitative estimate of drug-likeness (QED) is 0.371. The second kappa shape index (κ2) is 7.38. The Kier molecular flexibility index (Phi) is 7.58. The number of unbranched alkanes of at least 4 members (excludes halogenated alkanes) is 2. The minimum absolute atomic E-state index is 0.459. The van der Waals surface area contributed by atoms with Gasteiger partial charge in [0.05, 0.1) is 6.61 Å². The summed E-state index contributed by atoms with van der Waals surface area (Å²) in [6.07, 6.45) is 3.10. The number of hydrogen-bond acceptors (Lipinski definition) is 3. The van der Waals surface area contributed by atoms with E-state index < -0.39 is 8.60 Å². The van der Waals surface area contributed by atoms with E-state index in [0.29, 0.717) is 6.61 Å². The first kappa shape index (κ1) is 10.3. The van der Waals surface area contributed by atoms with Crippen LogP contribution in [-0.4, -0.2) is 6.61 Å². The van der Waals surface area contributed by atoms with Crippen LogP contribution in [0.3, 0.4) is 0 Å². The molecule has 5 heteroatoms. The lowest BCUT2D eigenvalue weighted by Crippen LogP contribution is -1.96. The first-order chi connectivity index (χ1) is 4.81. The van der Waals surface area contributed by atoms with E-state index in [1.807, 2.05) is 0 Å². The molecule has 0 amide bonds. The van der Waals surface area contributed by atoms with Crippen molar-refractivity contribution >= 4 is 8.60 Å². The van der Waals surface area contributed by atoms with E-state index in [1.54, 1.807) is 0 Å². The minimum atomic E-state index is -2.07. The van der Waals surface area contributed by atoms with Crippen molar-refractivity contribution in [1.82, 2.24) is 0 Å². The van der Waals surface area contributed by atoms with Gasteiger partial charge in [-0.05, 0) is 6.42 Å². The standard InChI is InChI=1S/C5H13NO3P/c1-2-3-4-5-8-10(7)9-6/h2-6H2,1H3. The molecule has 0 saturated carbocycles. The maximum Gasteiger partial charge on any atom is 0.380 e. The summed E-state index contributed by atoms with van der Waals surface area (Å²) in [5.74, 6) is 4.58. The molecule has 1 atom stereocenters. The van der Waals surface area contributed by atoms with E-state index in [1.165, 1.54) is 0 Å². The van der Waals surface area contributed by atoms with Crippen LogP contribution in [0.4, 0.5) is 0 Å². The van der Waals surface area contributed by atoms with Gasteiger partial charge in [-0.3, -0.25) is 0 Å². The molecule has 0 aliphatic rings. The van der Waals surface area contributed by atoms with E-state index in [-0.39, 0.29) is 0 Å². The molecule has 1 radical (unpaired) electrons. The Morgan fingerprint density at radius 3 is 2.70 bits per heavy atom. The van der Waals surface area contributed by atoms with E-state index in [9.17, 15) is 4.89 Å². The summed E-state index contributed by atoms with van der Waals surface area (Å²) in [4.78, 5) is 10.4. The molecule has 0 aromatic heterocycles. The molecule has 0 bridgehead atoms. The summed E-state index contributed by atoms with van der Waals surface area (Å²) in [5, 5.41) is 0. The van der Waals surface area contributed by atoms with Gasteiger partial charge in [0.2, 0.25) is 0 Å². The Hall–Kier alpha value is 0.270. The highest BCUT2D eigenvalue weighted by Gasteiger charge is 2.04. The molecule has 61 valence electrons. The molecule has 0 spiro atoms. The van der Waals surface area contributed by atoms with Gasteiger partial charge in [0.1, 0.15) is 0 Å². The lowest BCUT2D eigenvalue weighted by molar-refractivity contribution is 0.179. The van der Waals surface area contributed by atoms with Gasteiger partial charge in [0.15, 0.2) is 0 Å². The highest BCUT2D eigenvalue weighted by Crippen LogP contribution is 2.31. The van der Waals surface area contributed by atoms with Gasteiger partial charge in [-0.25, -0.2) is 10.5 Å². The highest BCUT2D eigenvalue weighted by atomic mass is 31.2. The van der Waals surface area contributed by atoms with Crippen LogP contribution >= 0.6 is 8.60 Å². The van der Waals surface area contributed by atoms with Gasteiger partial charge in [-0.15, -0.1) is 4.89 Å². The van der Waals surface area contributed by atoms with Gasteiger partial charge in [-0.2, -0.15) is 0 Å². The van der Waals surface area contributed by atoms with Crippen molar-refractivity contribution < 1.29 is 14.0 Å². The highest BCUT2D eigenvalue weighted by molar-refractivity contribution is 7.40. The van der Waals surface area contributed by atoms with Crippen LogP contribution in [0, 0.1) is 0 Å². The van der Waals surface area contributed by atoms with Crippen molar-refractivity contribution in [3.63, 3.8) is 0 Å². The zero-order chi connectivity index (χ0) is 7.82. The van der Waals surface area contributed by atoms with Gasteiger partial charge in [0, 0.05) is 0 Å². The fourth-order valence-corrected chi connectivity index (χ4v) is 0.861. The maximum atomic E-state index is 10.4. The minimum Gasteiger partial charge on any atom is -0.310 e. The number of nitrogens with two attached hydrogens (primary N) is 1. The number of rotatable bonds is 6. The molecular weight excluding hydrogens is 153 g/mol. The van der Waals surface area contributed by atoms with Crippen molar-refractivity contribution in [1.29, 1.82) is 0 Å². The zero-order valence-corrected chi connectivity index (χ0v) is 6.97. The molecule has 0 heterocycles. The van der Waals surface area contributed by atoms with E-state index in [0.717, 1.165) is 19.3 Å². The summed E-state index contributed by atoms with van der Waals surface area (Å²) in [7, 11) is -2.07. The summed E-state index contributed by atoms with van der Waals surface area (Å²) < 4.78 is 8.57. The lowest BCUT2D eigenvalue weighted by Gasteiger charge is -2.03. The summed E-state index contributed by atoms with van der Waals surface area (Å²) in [6.45, 7) is 2.54. The molecule has 0 rings (SSSR count). The summed E-state index contributed by atoms with van der Waals surface area (Å²) in [6, 6.07) is 0. The summed E-state index contributed by atoms with van der Waals surface area (Å²) >= 11 is 0. The smallest absolute Gasteiger partial charge is 0.310 e. The maximum absolute atomic E-state index is 10.4. The topological polar surface area (TPSA) is 64.4 Å². The molecule has 10 heavy (non-hydrogen) atoms. The van der Waals surface area contributed by atoms with Crippen LogP contribution in [0.25, 0.3) is 0 Å². The molecule has 0 fully saturated rings. The van der Waals surface area contributed by atoms with Crippen LogP contribution in [0.15, 0.2) is 0 Å². The lowest BCUT2D eigenvalue weighted by atomic mass is 10.3. The average Bonchev–Trinajstić information content (AvgIpc) is 1.98. The third-order valence-electron chi connectivity index (χ3n) is 1.03. The number of hydrogen-bond donors (Lipinski definition) is 1. The van der Waals surface area contributed by atoms with Crippen LogP contribution in [0.1, 0.15) is 26.2 Å². The Balaban J connectivity index is 2.89. The predicted octanol–water partition coefficient (Wildman–Crippen LogP) is 1.74. The molecule has 0 saturated heterocycles. The molecule has 1 unspecified atom stereocenters. The van der Waals surface area contributed by atoms with Crippen LogP contribution < -0.4 is 5.90 Å². The molecule has 2 N–H and O–H groups in total. The molecule has 0 aliphatic heterocycles. The Bertz CT molecular complexity index is 73.9. The van der Waals surface area contributed by atoms with Crippen molar-refractivity contribution in [2.24, 2.45) is 5.90 Å². The summed E-state index contributed by atoms with van der Waals surface area (Å²) in [5.41, 5.74) is 0. The third-order valence-corrected chi connectivity index (χ3v) is 1.60. The second-order valence-corrected chi connectivity index (χ2v) is 2.79. The fourth-order valence-electron chi connectivity index (χ4n) is 0.522. The fraction of sp³-hybridized carbons (Fsp3) is 1.00. The molecule has 0 aromatic carbocycles. The molecule has 0 aliphatic carbocycles.